The number of nitrogens with zero attached hydrogens (tertiary/aromatic N) is 1. The van der Waals surface area contributed by atoms with Crippen LogP contribution >= 0.6 is 27.5 Å². The summed E-state index contributed by atoms with van der Waals surface area (Å²) in [5.41, 5.74) is 1.25. The minimum Gasteiger partial charge on any atom is -0.369 e. The van der Waals surface area contributed by atoms with Gasteiger partial charge >= 0.3 is 0 Å². The summed E-state index contributed by atoms with van der Waals surface area (Å²) in [4.78, 5) is 2.44. The fourth-order valence-electron chi connectivity index (χ4n) is 2.47. The van der Waals surface area contributed by atoms with Crippen molar-refractivity contribution < 1.29 is 0 Å². The van der Waals surface area contributed by atoms with Crippen LogP contribution in [-0.2, 0) is 0 Å². The van der Waals surface area contributed by atoms with Crippen LogP contribution in [0.2, 0.25) is 5.02 Å². The molecule has 18 heavy (non-hydrogen) atoms. The molecular weight excluding hydrogens is 312 g/mol. The van der Waals surface area contributed by atoms with E-state index in [-0.39, 0.29) is 0 Å². The zero-order valence-electron chi connectivity index (χ0n) is 10.9. The maximum absolute atomic E-state index is 6.04. The fraction of sp³-hybridized carbons (Fsp3) is 0.571. The van der Waals surface area contributed by atoms with Crippen molar-refractivity contribution in [2.45, 2.75) is 26.3 Å². The Morgan fingerprint density at radius 3 is 2.94 bits per heavy atom. The van der Waals surface area contributed by atoms with Crippen LogP contribution in [0.1, 0.15) is 20.3 Å². The Morgan fingerprint density at radius 1 is 1.50 bits per heavy atom. The Hall–Kier alpha value is -0.250. The zero-order chi connectivity index (χ0) is 13.1. The van der Waals surface area contributed by atoms with Gasteiger partial charge in [0.1, 0.15) is 0 Å². The first-order valence-corrected chi connectivity index (χ1v) is 7.66. The number of piperazine rings is 1. The fourth-order valence-corrected chi connectivity index (χ4v) is 2.95. The lowest BCUT2D eigenvalue weighted by Crippen LogP contribution is -2.51. The van der Waals surface area contributed by atoms with E-state index in [9.17, 15) is 0 Å². The molecule has 2 rings (SSSR count). The van der Waals surface area contributed by atoms with Crippen LogP contribution in [0.5, 0.6) is 0 Å². The highest BCUT2D eigenvalue weighted by Gasteiger charge is 2.20. The molecule has 0 radical (unpaired) electrons. The molecule has 0 aromatic heterocycles. The largest absolute Gasteiger partial charge is 0.369 e. The second-order valence-corrected chi connectivity index (χ2v) is 6.59. The first-order chi connectivity index (χ1) is 8.56. The third-order valence-corrected chi connectivity index (χ3v) is 4.49. The van der Waals surface area contributed by atoms with Crippen LogP contribution in [0.4, 0.5) is 5.69 Å². The second-order valence-electron chi connectivity index (χ2n) is 5.33. The Balaban J connectivity index is 2.05. The van der Waals surface area contributed by atoms with Crippen LogP contribution in [0.15, 0.2) is 22.7 Å². The minimum absolute atomic E-state index is 0.591. The van der Waals surface area contributed by atoms with Gasteiger partial charge in [0.15, 0.2) is 0 Å². The normalized spacial score (nSPS) is 20.5. The lowest BCUT2D eigenvalue weighted by molar-refractivity contribution is 0.388. The molecule has 1 aliphatic rings. The molecule has 0 aliphatic carbocycles. The van der Waals surface area contributed by atoms with Gasteiger partial charge in [0, 0.05) is 35.8 Å². The summed E-state index contributed by atoms with van der Waals surface area (Å²) in [6.45, 7) is 7.74. The predicted molar refractivity (Wildman–Crippen MR) is 82.6 cm³/mol. The smallest absolute Gasteiger partial charge is 0.0549 e. The van der Waals surface area contributed by atoms with Gasteiger partial charge in [-0.1, -0.05) is 25.4 Å². The molecule has 1 unspecified atom stereocenters. The highest BCUT2D eigenvalue weighted by atomic mass is 79.9. The SMILES string of the molecule is CC(C)CC1CN(c2ccc(Cl)c(Br)c2)CCN1. The van der Waals surface area contributed by atoms with Crippen LogP contribution < -0.4 is 10.2 Å². The van der Waals surface area contributed by atoms with E-state index >= 15 is 0 Å². The third kappa shape index (κ3) is 3.62. The first-order valence-electron chi connectivity index (χ1n) is 6.49. The zero-order valence-corrected chi connectivity index (χ0v) is 13.3. The molecule has 1 saturated heterocycles. The van der Waals surface area contributed by atoms with Gasteiger partial charge in [-0.05, 0) is 46.5 Å². The van der Waals surface area contributed by atoms with Gasteiger partial charge in [-0.15, -0.1) is 0 Å². The van der Waals surface area contributed by atoms with E-state index < -0.39 is 0 Å². The van der Waals surface area contributed by atoms with Crippen molar-refractivity contribution in [2.75, 3.05) is 24.5 Å². The van der Waals surface area contributed by atoms with Gasteiger partial charge in [0.25, 0.3) is 0 Å². The number of nitrogens with one attached hydrogen (secondary N) is 1. The molecule has 0 bridgehead atoms. The average molecular weight is 332 g/mol. The summed E-state index contributed by atoms with van der Waals surface area (Å²) in [5, 5.41) is 4.37. The van der Waals surface area contributed by atoms with Gasteiger partial charge in [-0.25, -0.2) is 0 Å². The summed E-state index contributed by atoms with van der Waals surface area (Å²) in [6, 6.07) is 6.76. The quantitative estimate of drug-likeness (QED) is 0.903. The van der Waals surface area contributed by atoms with Gasteiger partial charge in [-0.3, -0.25) is 0 Å². The number of benzene rings is 1. The van der Waals surface area contributed by atoms with Crippen molar-refractivity contribution in [1.82, 2.24) is 5.32 Å². The molecule has 0 saturated carbocycles. The van der Waals surface area contributed by atoms with E-state index in [4.69, 9.17) is 11.6 Å². The van der Waals surface area contributed by atoms with Crippen molar-refractivity contribution in [1.29, 1.82) is 0 Å². The summed E-state index contributed by atoms with van der Waals surface area (Å²) in [6.07, 6.45) is 1.23. The summed E-state index contributed by atoms with van der Waals surface area (Å²) < 4.78 is 0.973. The number of rotatable bonds is 3. The molecule has 2 nitrogen and oxygen atoms in total. The second kappa shape index (κ2) is 6.27. The number of anilines is 1. The number of hydrogen-bond acceptors (Lipinski definition) is 2. The predicted octanol–water partition coefficient (Wildman–Crippen LogP) is 3.93. The summed E-state index contributed by atoms with van der Waals surface area (Å²) in [7, 11) is 0. The topological polar surface area (TPSA) is 15.3 Å². The van der Waals surface area contributed by atoms with E-state index in [1.165, 1.54) is 12.1 Å². The maximum Gasteiger partial charge on any atom is 0.0549 e. The standard InChI is InChI=1S/C14H20BrClN2/c1-10(2)7-11-9-18(6-5-17-11)12-3-4-14(16)13(15)8-12/h3-4,8,10-11,17H,5-7,9H2,1-2H3. The molecule has 4 heteroatoms. The number of hydrogen-bond donors (Lipinski definition) is 1. The molecule has 100 valence electrons. The van der Waals surface area contributed by atoms with Crippen molar-refractivity contribution in [2.24, 2.45) is 5.92 Å². The third-order valence-electron chi connectivity index (χ3n) is 3.28. The molecular formula is C14H20BrClN2. The van der Waals surface area contributed by atoms with Crippen LogP contribution in [-0.4, -0.2) is 25.7 Å². The molecule has 1 aromatic rings. The van der Waals surface area contributed by atoms with Crippen LogP contribution in [0, 0.1) is 5.92 Å². The molecule has 1 aromatic carbocycles. The molecule has 0 amide bonds. The highest BCUT2D eigenvalue weighted by molar-refractivity contribution is 9.10. The van der Waals surface area contributed by atoms with Gasteiger partial charge in [-0.2, -0.15) is 0 Å². The maximum atomic E-state index is 6.04. The Kier molecular flexibility index (Phi) is 4.93. The van der Waals surface area contributed by atoms with Crippen molar-refractivity contribution in [3.8, 4) is 0 Å². The molecule has 1 N–H and O–H groups in total. The van der Waals surface area contributed by atoms with Crippen molar-refractivity contribution in [3.05, 3.63) is 27.7 Å². The van der Waals surface area contributed by atoms with E-state index in [1.54, 1.807) is 0 Å². The Morgan fingerprint density at radius 2 is 2.28 bits per heavy atom. The molecule has 1 fully saturated rings. The lowest BCUT2D eigenvalue weighted by Gasteiger charge is -2.36. The Labute approximate surface area is 123 Å². The van der Waals surface area contributed by atoms with Gasteiger partial charge in [0.05, 0.1) is 5.02 Å². The Bertz CT molecular complexity index is 409. The molecule has 1 atom stereocenters. The monoisotopic (exact) mass is 330 g/mol. The van der Waals surface area contributed by atoms with Gasteiger partial charge in [0.2, 0.25) is 0 Å². The van der Waals surface area contributed by atoms with E-state index in [1.807, 2.05) is 6.07 Å². The average Bonchev–Trinajstić information content (AvgIpc) is 2.32. The van der Waals surface area contributed by atoms with E-state index in [2.05, 4.69) is 52.1 Å². The van der Waals surface area contributed by atoms with Crippen molar-refractivity contribution >= 4 is 33.2 Å². The molecule has 1 aliphatic heterocycles. The van der Waals surface area contributed by atoms with Crippen LogP contribution in [0.25, 0.3) is 0 Å². The minimum atomic E-state index is 0.591. The highest BCUT2D eigenvalue weighted by Crippen LogP contribution is 2.28. The summed E-state index contributed by atoms with van der Waals surface area (Å²) >= 11 is 9.53. The van der Waals surface area contributed by atoms with Gasteiger partial charge < -0.3 is 10.2 Å². The van der Waals surface area contributed by atoms with E-state index in [0.29, 0.717) is 6.04 Å². The molecule has 0 spiro atoms. The lowest BCUT2D eigenvalue weighted by atomic mass is 10.0. The van der Waals surface area contributed by atoms with Crippen molar-refractivity contribution in [3.63, 3.8) is 0 Å². The molecule has 1 heterocycles. The first kappa shape index (κ1) is 14.2. The van der Waals surface area contributed by atoms with Crippen LogP contribution in [0.3, 0.4) is 0 Å². The van der Waals surface area contributed by atoms with E-state index in [0.717, 1.165) is 35.0 Å². The summed E-state index contributed by atoms with van der Waals surface area (Å²) in [5.74, 6) is 0.736. The number of halogens is 2.